The Bertz CT molecular complexity index is 1440. The van der Waals surface area contributed by atoms with Crippen molar-refractivity contribution in [2.45, 2.75) is 78.1 Å². The summed E-state index contributed by atoms with van der Waals surface area (Å²) in [5.74, 6) is 0.563. The molecule has 3 aromatic heterocycles. The monoisotopic (exact) mass is 576 g/mol. The molecule has 0 bridgehead atoms. The van der Waals surface area contributed by atoms with E-state index in [4.69, 9.17) is 4.74 Å². The molecule has 1 saturated carbocycles. The predicted molar refractivity (Wildman–Crippen MR) is 164 cm³/mol. The van der Waals surface area contributed by atoms with E-state index >= 15 is 0 Å². The van der Waals surface area contributed by atoms with Gasteiger partial charge in [0, 0.05) is 62.9 Å². The van der Waals surface area contributed by atoms with Crippen LogP contribution in [0.25, 0.3) is 11.3 Å². The van der Waals surface area contributed by atoms with E-state index in [1.54, 1.807) is 21.5 Å². The van der Waals surface area contributed by atoms with Gasteiger partial charge in [-0.05, 0) is 78.4 Å². The van der Waals surface area contributed by atoms with Crippen LogP contribution in [-0.2, 0) is 4.74 Å². The molecule has 0 N–H and O–H groups in total. The van der Waals surface area contributed by atoms with E-state index in [1.807, 2.05) is 70.4 Å². The lowest BCUT2D eigenvalue weighted by molar-refractivity contribution is 0.0134. The molecular weight excluding hydrogens is 532 g/mol. The zero-order valence-electron chi connectivity index (χ0n) is 25.7. The fourth-order valence-corrected chi connectivity index (χ4v) is 5.38. The summed E-state index contributed by atoms with van der Waals surface area (Å²) in [5, 5.41) is 8.68. The Morgan fingerprint density at radius 3 is 2.67 bits per heavy atom. The number of ether oxygens (including phenoxy) is 1. The second-order valence-electron chi connectivity index (χ2n) is 12.6. The van der Waals surface area contributed by atoms with Gasteiger partial charge in [-0.15, -0.1) is 5.10 Å². The van der Waals surface area contributed by atoms with Crippen LogP contribution in [0, 0.1) is 5.92 Å². The smallest absolute Gasteiger partial charge is 0.410 e. The molecule has 2 atom stereocenters. The predicted octanol–water partition coefficient (Wildman–Crippen LogP) is 4.64. The minimum atomic E-state index is -0.536. The number of rotatable bonds is 9. The molecule has 0 radical (unpaired) electrons. The SMILES string of the molecule is CCN(C)c1cncc(-c2cn(C(C)n3ccc(N4CCC[C@@H](N(CC5CC5)C(=O)OC(C)(C)C)C4)cc3=O)nn2)c1. The summed E-state index contributed by atoms with van der Waals surface area (Å²) >= 11 is 0. The largest absolute Gasteiger partial charge is 0.444 e. The molecule has 1 aliphatic carbocycles. The maximum Gasteiger partial charge on any atom is 0.410 e. The number of carbonyl (C=O) groups excluding carboxylic acids is 1. The van der Waals surface area contributed by atoms with Crippen LogP contribution in [0.2, 0.25) is 0 Å². The third kappa shape index (κ3) is 6.94. The topological polar surface area (TPSA) is 102 Å². The summed E-state index contributed by atoms with van der Waals surface area (Å²) in [5.41, 5.74) is 2.79. The van der Waals surface area contributed by atoms with Crippen molar-refractivity contribution in [1.29, 1.82) is 0 Å². The van der Waals surface area contributed by atoms with Gasteiger partial charge in [-0.2, -0.15) is 0 Å². The van der Waals surface area contributed by atoms with Crippen molar-refractivity contribution in [3.63, 3.8) is 0 Å². The molecule has 5 rings (SSSR count). The van der Waals surface area contributed by atoms with Crippen LogP contribution in [-0.4, -0.2) is 80.4 Å². The van der Waals surface area contributed by atoms with Crippen molar-refractivity contribution in [1.82, 2.24) is 29.4 Å². The van der Waals surface area contributed by atoms with E-state index in [-0.39, 0.29) is 23.9 Å². The molecule has 42 heavy (non-hydrogen) atoms. The Morgan fingerprint density at radius 2 is 1.98 bits per heavy atom. The number of piperidine rings is 1. The molecule has 1 unspecified atom stereocenters. The first-order chi connectivity index (χ1) is 20.0. The van der Waals surface area contributed by atoms with Gasteiger partial charge in [0.1, 0.15) is 17.5 Å². The van der Waals surface area contributed by atoms with Gasteiger partial charge in [-0.1, -0.05) is 5.21 Å². The summed E-state index contributed by atoms with van der Waals surface area (Å²) in [6.07, 6.45) is 10.9. The quantitative estimate of drug-likeness (QED) is 0.363. The minimum Gasteiger partial charge on any atom is -0.444 e. The fraction of sp³-hybridized carbons (Fsp3) is 0.581. The first-order valence-corrected chi connectivity index (χ1v) is 15.1. The number of aromatic nitrogens is 5. The van der Waals surface area contributed by atoms with Crippen LogP contribution in [0.1, 0.15) is 66.5 Å². The zero-order chi connectivity index (χ0) is 30.0. The maximum absolute atomic E-state index is 13.3. The van der Waals surface area contributed by atoms with E-state index in [0.29, 0.717) is 18.2 Å². The molecule has 3 aromatic rings. The van der Waals surface area contributed by atoms with Gasteiger partial charge in [0.2, 0.25) is 0 Å². The Balaban J connectivity index is 1.30. The van der Waals surface area contributed by atoms with Crippen LogP contribution in [0.3, 0.4) is 0 Å². The van der Waals surface area contributed by atoms with Crippen molar-refractivity contribution in [3.05, 3.63) is 53.3 Å². The van der Waals surface area contributed by atoms with Crippen molar-refractivity contribution < 1.29 is 9.53 Å². The number of hydrogen-bond donors (Lipinski definition) is 0. The molecule has 0 spiro atoms. The van der Waals surface area contributed by atoms with Crippen molar-refractivity contribution in [3.8, 4) is 11.3 Å². The van der Waals surface area contributed by atoms with Gasteiger partial charge in [0.05, 0.1) is 24.1 Å². The summed E-state index contributed by atoms with van der Waals surface area (Å²) < 4.78 is 9.12. The van der Waals surface area contributed by atoms with Gasteiger partial charge in [0.15, 0.2) is 0 Å². The third-order valence-electron chi connectivity index (χ3n) is 8.14. The summed E-state index contributed by atoms with van der Waals surface area (Å²) in [7, 11) is 2.02. The summed E-state index contributed by atoms with van der Waals surface area (Å²) in [6, 6.07) is 5.75. The second-order valence-corrected chi connectivity index (χ2v) is 12.6. The third-order valence-corrected chi connectivity index (χ3v) is 8.14. The highest BCUT2D eigenvalue weighted by atomic mass is 16.6. The zero-order valence-corrected chi connectivity index (χ0v) is 25.7. The fourth-order valence-electron chi connectivity index (χ4n) is 5.38. The molecule has 1 saturated heterocycles. The Labute approximate surface area is 248 Å². The molecule has 226 valence electrons. The van der Waals surface area contributed by atoms with Gasteiger partial charge in [-0.3, -0.25) is 14.3 Å². The van der Waals surface area contributed by atoms with E-state index in [0.717, 1.165) is 49.4 Å². The highest BCUT2D eigenvalue weighted by Crippen LogP contribution is 2.33. The van der Waals surface area contributed by atoms with E-state index in [9.17, 15) is 9.59 Å². The highest BCUT2D eigenvalue weighted by molar-refractivity contribution is 5.69. The Kier molecular flexibility index (Phi) is 8.56. The summed E-state index contributed by atoms with van der Waals surface area (Å²) in [4.78, 5) is 37.1. The lowest BCUT2D eigenvalue weighted by atomic mass is 10.0. The van der Waals surface area contributed by atoms with Crippen LogP contribution in [0.15, 0.2) is 47.8 Å². The standard InChI is InChI=1S/C31H44N8O3/c1-7-35(6)27-15-24(17-32-18-27)28-21-39(34-33-28)22(2)37-14-12-25(16-29(37)40)36-13-8-9-26(20-36)38(19-23-10-11-23)30(41)42-31(3,4)5/h12,14-18,21-23,26H,7-11,13,19-20H2,1-6H3/t22?,26-/m1/s1. The molecule has 2 aliphatic rings. The highest BCUT2D eigenvalue weighted by Gasteiger charge is 2.36. The average molecular weight is 577 g/mol. The first-order valence-electron chi connectivity index (χ1n) is 15.1. The van der Waals surface area contributed by atoms with Crippen LogP contribution in [0.4, 0.5) is 16.2 Å². The van der Waals surface area contributed by atoms with Gasteiger partial charge in [-0.25, -0.2) is 9.48 Å². The van der Waals surface area contributed by atoms with Crippen LogP contribution in [0.5, 0.6) is 0 Å². The maximum atomic E-state index is 13.3. The number of amides is 1. The van der Waals surface area contributed by atoms with E-state index in [1.165, 1.54) is 12.8 Å². The molecule has 11 heteroatoms. The number of hydrogen-bond acceptors (Lipinski definition) is 8. The van der Waals surface area contributed by atoms with Crippen molar-refractivity contribution in [2.75, 3.05) is 43.0 Å². The van der Waals surface area contributed by atoms with Gasteiger partial charge < -0.3 is 19.4 Å². The van der Waals surface area contributed by atoms with Gasteiger partial charge in [0.25, 0.3) is 5.56 Å². The Morgan fingerprint density at radius 1 is 1.19 bits per heavy atom. The molecular formula is C31H44N8O3. The number of anilines is 2. The second kappa shape index (κ2) is 12.1. The lowest BCUT2D eigenvalue weighted by Gasteiger charge is -2.40. The number of nitrogens with zero attached hydrogens (tertiary/aromatic N) is 8. The minimum absolute atomic E-state index is 0.0502. The van der Waals surface area contributed by atoms with Crippen LogP contribution >= 0.6 is 0 Å². The molecule has 2 fully saturated rings. The molecule has 1 aliphatic heterocycles. The van der Waals surface area contributed by atoms with E-state index in [2.05, 4.69) is 32.0 Å². The normalized spacial score (nSPS) is 18.0. The van der Waals surface area contributed by atoms with Crippen LogP contribution < -0.4 is 15.4 Å². The molecule has 4 heterocycles. The van der Waals surface area contributed by atoms with E-state index < -0.39 is 5.60 Å². The first kappa shape index (κ1) is 29.6. The Hall–Kier alpha value is -3.89. The number of pyridine rings is 2. The molecule has 0 aromatic carbocycles. The van der Waals surface area contributed by atoms with Gasteiger partial charge >= 0.3 is 6.09 Å². The lowest BCUT2D eigenvalue weighted by Crippen LogP contribution is -2.52. The summed E-state index contributed by atoms with van der Waals surface area (Å²) in [6.45, 7) is 12.9. The van der Waals surface area contributed by atoms with Crippen molar-refractivity contribution >= 4 is 17.5 Å². The molecule has 11 nitrogen and oxygen atoms in total. The van der Waals surface area contributed by atoms with Crippen molar-refractivity contribution in [2.24, 2.45) is 5.92 Å². The molecule has 1 amide bonds. The average Bonchev–Trinajstić information content (AvgIpc) is 3.66. The number of carbonyl (C=O) groups is 1.